The average molecular weight is 380 g/mol. The summed E-state index contributed by atoms with van der Waals surface area (Å²) in [5, 5.41) is 9.56. The summed E-state index contributed by atoms with van der Waals surface area (Å²) in [6.07, 6.45) is 0. The number of hydrogen-bond donors (Lipinski definition) is 2. The van der Waals surface area contributed by atoms with Gasteiger partial charge in [0.2, 0.25) is 5.95 Å². The number of ether oxygens (including phenoxy) is 1. The predicted molar refractivity (Wildman–Crippen MR) is 86.7 cm³/mol. The molecule has 0 bridgehead atoms. The maximum atomic E-state index is 12.6. The van der Waals surface area contributed by atoms with Crippen LogP contribution in [-0.4, -0.2) is 33.2 Å². The van der Waals surface area contributed by atoms with Gasteiger partial charge in [0.25, 0.3) is 11.8 Å². The summed E-state index contributed by atoms with van der Waals surface area (Å²) in [6.45, 7) is 4.15. The van der Waals surface area contributed by atoms with E-state index in [4.69, 9.17) is 4.74 Å². The van der Waals surface area contributed by atoms with Crippen molar-refractivity contribution in [3.8, 4) is 5.75 Å². The number of halogens is 1. The molecule has 0 unspecified atom stereocenters. The Morgan fingerprint density at radius 1 is 1.52 bits per heavy atom. The van der Waals surface area contributed by atoms with E-state index in [9.17, 15) is 9.59 Å². The Balaban J connectivity index is 1.96. The van der Waals surface area contributed by atoms with Crippen molar-refractivity contribution in [2.45, 2.75) is 20.4 Å². The fourth-order valence-corrected chi connectivity index (χ4v) is 2.70. The van der Waals surface area contributed by atoms with E-state index >= 15 is 0 Å². The average Bonchev–Trinajstić information content (AvgIpc) is 2.86. The fourth-order valence-electron chi connectivity index (χ4n) is 2.26. The van der Waals surface area contributed by atoms with Crippen LogP contribution in [0.3, 0.4) is 0 Å². The first-order valence-electron chi connectivity index (χ1n) is 6.97. The van der Waals surface area contributed by atoms with Gasteiger partial charge in [-0.3, -0.25) is 14.9 Å². The lowest BCUT2D eigenvalue weighted by Gasteiger charge is -2.20. The van der Waals surface area contributed by atoms with Crippen molar-refractivity contribution >= 4 is 39.4 Å². The Hall–Kier alpha value is -2.42. The highest BCUT2D eigenvalue weighted by Gasteiger charge is 2.24. The molecule has 2 N–H and O–H groups in total. The quantitative estimate of drug-likeness (QED) is 0.848. The molecule has 0 spiro atoms. The minimum Gasteiger partial charge on any atom is -0.482 e. The number of fused-ring (bicyclic) bond motifs is 1. The SMILES string of the molecule is CCn1nc(C)nc1NC(=O)c1cc(Br)cc2c1NC(=O)CO2. The molecule has 1 aliphatic rings. The van der Waals surface area contributed by atoms with Crippen LogP contribution >= 0.6 is 15.9 Å². The third-order valence-electron chi connectivity index (χ3n) is 3.24. The first-order valence-corrected chi connectivity index (χ1v) is 7.76. The molecule has 0 fully saturated rings. The molecule has 0 saturated heterocycles. The van der Waals surface area contributed by atoms with Crippen molar-refractivity contribution in [1.82, 2.24) is 14.8 Å². The van der Waals surface area contributed by atoms with Crippen LogP contribution in [0.1, 0.15) is 23.1 Å². The van der Waals surface area contributed by atoms with Gasteiger partial charge in [-0.1, -0.05) is 15.9 Å². The standard InChI is InChI=1S/C14H14BrN5O3/c1-3-20-14(16-7(2)19-20)18-13(22)9-4-8(15)5-10-12(9)17-11(21)6-23-10/h4-5H,3,6H2,1-2H3,(H,17,21)(H,16,18,19,22). The van der Waals surface area contributed by atoms with E-state index in [-0.39, 0.29) is 18.1 Å². The molecule has 1 aromatic heterocycles. The van der Waals surface area contributed by atoms with Crippen LogP contribution in [0.5, 0.6) is 5.75 Å². The molecule has 2 amide bonds. The number of hydrogen-bond acceptors (Lipinski definition) is 5. The second-order valence-electron chi connectivity index (χ2n) is 4.92. The van der Waals surface area contributed by atoms with Gasteiger partial charge in [0.1, 0.15) is 11.6 Å². The van der Waals surface area contributed by atoms with E-state index in [0.717, 1.165) is 0 Å². The zero-order valence-corrected chi connectivity index (χ0v) is 14.1. The van der Waals surface area contributed by atoms with Crippen molar-refractivity contribution in [2.24, 2.45) is 0 Å². The molecule has 9 heteroatoms. The molecule has 3 rings (SSSR count). The molecule has 2 heterocycles. The summed E-state index contributed by atoms with van der Waals surface area (Å²) in [5.41, 5.74) is 0.631. The normalized spacial score (nSPS) is 13.1. The van der Waals surface area contributed by atoms with Crippen LogP contribution in [-0.2, 0) is 11.3 Å². The molecule has 0 saturated carbocycles. The van der Waals surface area contributed by atoms with Crippen molar-refractivity contribution in [2.75, 3.05) is 17.2 Å². The van der Waals surface area contributed by atoms with E-state index in [2.05, 4.69) is 36.6 Å². The number of rotatable bonds is 3. The van der Waals surface area contributed by atoms with Crippen molar-refractivity contribution in [3.63, 3.8) is 0 Å². The van der Waals surface area contributed by atoms with Crippen LogP contribution in [0.2, 0.25) is 0 Å². The van der Waals surface area contributed by atoms with E-state index in [1.54, 1.807) is 23.7 Å². The molecule has 0 atom stereocenters. The topological polar surface area (TPSA) is 98.1 Å². The van der Waals surface area contributed by atoms with Gasteiger partial charge >= 0.3 is 0 Å². The van der Waals surface area contributed by atoms with Gasteiger partial charge in [-0.05, 0) is 26.0 Å². The van der Waals surface area contributed by atoms with Gasteiger partial charge in [0.15, 0.2) is 6.61 Å². The lowest BCUT2D eigenvalue weighted by Crippen LogP contribution is -2.28. The molecule has 23 heavy (non-hydrogen) atoms. The second-order valence-corrected chi connectivity index (χ2v) is 5.83. The minimum absolute atomic E-state index is 0.0755. The molecular formula is C14H14BrN5O3. The van der Waals surface area contributed by atoms with Gasteiger partial charge < -0.3 is 10.1 Å². The van der Waals surface area contributed by atoms with Gasteiger partial charge in [-0.25, -0.2) is 4.68 Å². The largest absolute Gasteiger partial charge is 0.482 e. The first-order chi connectivity index (χ1) is 11.0. The number of nitrogens with zero attached hydrogens (tertiary/aromatic N) is 3. The smallest absolute Gasteiger partial charge is 0.262 e. The van der Waals surface area contributed by atoms with Crippen molar-refractivity contribution in [1.29, 1.82) is 0 Å². The number of amides is 2. The number of nitrogens with one attached hydrogen (secondary N) is 2. The Morgan fingerprint density at radius 3 is 3.04 bits per heavy atom. The van der Waals surface area contributed by atoms with Crippen LogP contribution in [0.25, 0.3) is 0 Å². The number of benzene rings is 1. The molecular weight excluding hydrogens is 366 g/mol. The third kappa shape index (κ3) is 3.04. The number of aryl methyl sites for hydroxylation is 2. The Bertz CT molecular complexity index is 802. The van der Waals surface area contributed by atoms with Crippen LogP contribution in [0.15, 0.2) is 16.6 Å². The van der Waals surface area contributed by atoms with E-state index < -0.39 is 5.91 Å². The lowest BCUT2D eigenvalue weighted by atomic mass is 10.1. The van der Waals surface area contributed by atoms with Gasteiger partial charge in [0, 0.05) is 11.0 Å². The van der Waals surface area contributed by atoms with Crippen LogP contribution in [0, 0.1) is 6.92 Å². The highest BCUT2D eigenvalue weighted by Crippen LogP contribution is 2.35. The summed E-state index contributed by atoms with van der Waals surface area (Å²) in [6, 6.07) is 3.31. The molecule has 0 aliphatic carbocycles. The second kappa shape index (κ2) is 5.99. The summed E-state index contributed by atoms with van der Waals surface area (Å²) >= 11 is 3.34. The molecule has 1 aliphatic heterocycles. The summed E-state index contributed by atoms with van der Waals surface area (Å²) in [5.74, 6) is 0.649. The maximum absolute atomic E-state index is 12.6. The third-order valence-corrected chi connectivity index (χ3v) is 3.70. The fraction of sp³-hybridized carbons (Fsp3) is 0.286. The molecule has 0 radical (unpaired) electrons. The Labute approximate surface area is 140 Å². The molecule has 2 aromatic rings. The predicted octanol–water partition coefficient (Wildman–Crippen LogP) is 1.95. The minimum atomic E-state index is -0.407. The van der Waals surface area contributed by atoms with Crippen molar-refractivity contribution < 1.29 is 14.3 Å². The zero-order chi connectivity index (χ0) is 16.6. The van der Waals surface area contributed by atoms with Gasteiger partial charge in [-0.2, -0.15) is 10.1 Å². The lowest BCUT2D eigenvalue weighted by molar-refractivity contribution is -0.118. The number of carbonyl (C=O) groups is 2. The van der Waals surface area contributed by atoms with E-state index in [1.807, 2.05) is 6.92 Å². The summed E-state index contributed by atoms with van der Waals surface area (Å²) in [7, 11) is 0. The highest BCUT2D eigenvalue weighted by molar-refractivity contribution is 9.10. The Morgan fingerprint density at radius 2 is 2.30 bits per heavy atom. The van der Waals surface area contributed by atoms with Gasteiger partial charge in [-0.15, -0.1) is 0 Å². The summed E-state index contributed by atoms with van der Waals surface area (Å²) < 4.78 is 7.61. The monoisotopic (exact) mass is 379 g/mol. The van der Waals surface area contributed by atoms with Crippen molar-refractivity contribution in [3.05, 3.63) is 28.0 Å². The zero-order valence-electron chi connectivity index (χ0n) is 12.5. The molecule has 1 aromatic carbocycles. The maximum Gasteiger partial charge on any atom is 0.262 e. The van der Waals surface area contributed by atoms with Gasteiger partial charge in [0.05, 0.1) is 11.3 Å². The van der Waals surface area contributed by atoms with E-state index in [0.29, 0.717) is 34.2 Å². The van der Waals surface area contributed by atoms with E-state index in [1.165, 1.54) is 0 Å². The number of aromatic nitrogens is 3. The molecule has 120 valence electrons. The highest BCUT2D eigenvalue weighted by atomic mass is 79.9. The number of carbonyl (C=O) groups excluding carboxylic acids is 2. The first kappa shape index (κ1) is 15.5. The van der Waals surface area contributed by atoms with Crippen LogP contribution in [0.4, 0.5) is 11.6 Å². The number of anilines is 2. The Kier molecular flexibility index (Phi) is 4.03. The molecule has 8 nitrogen and oxygen atoms in total. The van der Waals surface area contributed by atoms with Crippen LogP contribution < -0.4 is 15.4 Å². The summed E-state index contributed by atoms with van der Waals surface area (Å²) in [4.78, 5) is 28.3.